The standard InChI is InChI=1S/C33H37ClN4O4/c1-8-41-31(40)24-14-9-20(2)29(36-24)37-15-16-38(33(6,7)19-37)30(39)27-18-26-28(42-27)23(32(3,4)5)17-25(35-26)21-10-12-22(34)13-11-21/h9-14,17-18H,8,15-16,19H2,1-7H3. The van der Waals surface area contributed by atoms with Gasteiger partial charge in [-0.05, 0) is 62.9 Å². The van der Waals surface area contributed by atoms with Gasteiger partial charge in [-0.1, -0.05) is 50.6 Å². The molecule has 1 amide bonds. The summed E-state index contributed by atoms with van der Waals surface area (Å²) in [6, 6.07) is 14.9. The van der Waals surface area contributed by atoms with Crippen molar-refractivity contribution in [2.24, 2.45) is 0 Å². The van der Waals surface area contributed by atoms with Crippen LogP contribution in [0.25, 0.3) is 22.4 Å². The molecule has 0 radical (unpaired) electrons. The van der Waals surface area contributed by atoms with Crippen LogP contribution >= 0.6 is 11.6 Å². The van der Waals surface area contributed by atoms with Gasteiger partial charge < -0.3 is 19.0 Å². The fourth-order valence-corrected chi connectivity index (χ4v) is 5.58. The summed E-state index contributed by atoms with van der Waals surface area (Å²) in [7, 11) is 0. The van der Waals surface area contributed by atoms with E-state index in [0.717, 1.165) is 28.2 Å². The molecule has 1 aliphatic heterocycles. The van der Waals surface area contributed by atoms with Crippen LogP contribution in [0.4, 0.5) is 5.82 Å². The summed E-state index contributed by atoms with van der Waals surface area (Å²) < 4.78 is 11.4. The average Bonchev–Trinajstić information content (AvgIpc) is 3.36. The summed E-state index contributed by atoms with van der Waals surface area (Å²) in [5.41, 5.74) is 4.41. The van der Waals surface area contributed by atoms with Crippen molar-refractivity contribution in [3.63, 3.8) is 0 Å². The smallest absolute Gasteiger partial charge is 0.356 e. The van der Waals surface area contributed by atoms with Gasteiger partial charge in [-0.2, -0.15) is 0 Å². The Bertz CT molecular complexity index is 1650. The maximum Gasteiger partial charge on any atom is 0.356 e. The van der Waals surface area contributed by atoms with E-state index in [0.29, 0.717) is 35.8 Å². The molecule has 0 spiro atoms. The molecule has 1 fully saturated rings. The monoisotopic (exact) mass is 588 g/mol. The Morgan fingerprint density at radius 1 is 1.05 bits per heavy atom. The first-order chi connectivity index (χ1) is 19.8. The molecule has 0 aliphatic carbocycles. The van der Waals surface area contributed by atoms with Gasteiger partial charge in [-0.25, -0.2) is 14.8 Å². The third-order valence-electron chi connectivity index (χ3n) is 7.64. The van der Waals surface area contributed by atoms with Crippen LogP contribution < -0.4 is 4.90 Å². The molecular formula is C33H37ClN4O4. The number of aromatic nitrogens is 2. The lowest BCUT2D eigenvalue weighted by molar-refractivity contribution is 0.0483. The Hall–Kier alpha value is -3.91. The molecule has 9 heteroatoms. The van der Waals surface area contributed by atoms with Gasteiger partial charge in [0.15, 0.2) is 17.0 Å². The van der Waals surface area contributed by atoms with E-state index in [2.05, 4.69) is 30.7 Å². The molecule has 4 heterocycles. The predicted octanol–water partition coefficient (Wildman–Crippen LogP) is 7.07. The number of fused-ring (bicyclic) bond motifs is 1. The maximum atomic E-state index is 14.0. The van der Waals surface area contributed by atoms with Gasteiger partial charge in [-0.15, -0.1) is 0 Å². The maximum absolute atomic E-state index is 14.0. The van der Waals surface area contributed by atoms with E-state index >= 15 is 0 Å². The number of amides is 1. The number of aryl methyl sites for hydroxylation is 1. The number of pyridine rings is 2. The number of nitrogens with zero attached hydrogens (tertiary/aromatic N) is 4. The number of carbonyl (C=O) groups is 2. The van der Waals surface area contributed by atoms with E-state index in [9.17, 15) is 9.59 Å². The summed E-state index contributed by atoms with van der Waals surface area (Å²) >= 11 is 6.11. The van der Waals surface area contributed by atoms with Gasteiger partial charge in [0.05, 0.1) is 17.8 Å². The van der Waals surface area contributed by atoms with Gasteiger partial charge in [0, 0.05) is 41.9 Å². The van der Waals surface area contributed by atoms with Crippen LogP contribution in [0.5, 0.6) is 0 Å². The molecule has 42 heavy (non-hydrogen) atoms. The molecule has 4 aromatic rings. The highest BCUT2D eigenvalue weighted by atomic mass is 35.5. The zero-order valence-corrected chi connectivity index (χ0v) is 26.0. The Morgan fingerprint density at radius 3 is 2.40 bits per heavy atom. The van der Waals surface area contributed by atoms with Crippen molar-refractivity contribution in [1.29, 1.82) is 0 Å². The molecule has 3 aromatic heterocycles. The van der Waals surface area contributed by atoms with E-state index in [4.69, 9.17) is 25.7 Å². The number of hydrogen-bond donors (Lipinski definition) is 0. The molecule has 1 aliphatic rings. The Labute approximate surface area is 251 Å². The van der Waals surface area contributed by atoms with E-state index in [1.54, 1.807) is 19.1 Å². The normalized spacial score (nSPS) is 15.2. The molecule has 0 atom stereocenters. The van der Waals surface area contributed by atoms with Crippen LogP contribution in [0.1, 0.15) is 73.7 Å². The molecule has 0 unspecified atom stereocenters. The first-order valence-electron chi connectivity index (χ1n) is 14.2. The molecule has 8 nitrogen and oxygen atoms in total. The second-order valence-corrected chi connectivity index (χ2v) is 12.8. The van der Waals surface area contributed by atoms with Crippen LogP contribution in [0, 0.1) is 6.92 Å². The van der Waals surface area contributed by atoms with Crippen molar-refractivity contribution in [3.8, 4) is 11.3 Å². The summed E-state index contributed by atoms with van der Waals surface area (Å²) in [6.07, 6.45) is 0. The topological polar surface area (TPSA) is 88.8 Å². The Balaban J connectivity index is 1.45. The molecular weight excluding hydrogens is 552 g/mol. The molecule has 1 aromatic carbocycles. The van der Waals surface area contributed by atoms with Crippen molar-refractivity contribution in [2.75, 3.05) is 31.1 Å². The van der Waals surface area contributed by atoms with E-state index in [-0.39, 0.29) is 29.4 Å². The van der Waals surface area contributed by atoms with E-state index in [1.807, 2.05) is 62.1 Å². The summed E-state index contributed by atoms with van der Waals surface area (Å²) in [5, 5.41) is 0.660. The lowest BCUT2D eigenvalue weighted by Crippen LogP contribution is -2.61. The number of ether oxygens (including phenoxy) is 1. The number of esters is 1. The largest absolute Gasteiger partial charge is 0.461 e. The third-order valence-corrected chi connectivity index (χ3v) is 7.89. The molecule has 220 valence electrons. The molecule has 0 bridgehead atoms. The highest BCUT2D eigenvalue weighted by Gasteiger charge is 2.39. The minimum atomic E-state index is -0.545. The zero-order valence-electron chi connectivity index (χ0n) is 25.2. The van der Waals surface area contributed by atoms with Gasteiger partial charge in [0.2, 0.25) is 0 Å². The van der Waals surface area contributed by atoms with Crippen molar-refractivity contribution in [1.82, 2.24) is 14.9 Å². The number of benzene rings is 1. The van der Waals surface area contributed by atoms with Gasteiger partial charge in [0.25, 0.3) is 5.91 Å². The molecule has 5 rings (SSSR count). The minimum absolute atomic E-state index is 0.185. The van der Waals surface area contributed by atoms with Crippen LogP contribution in [0.3, 0.4) is 0 Å². The fourth-order valence-electron chi connectivity index (χ4n) is 5.45. The first-order valence-corrected chi connectivity index (χ1v) is 14.6. The van der Waals surface area contributed by atoms with Gasteiger partial charge in [-0.3, -0.25) is 4.79 Å². The Kier molecular flexibility index (Phi) is 7.79. The number of anilines is 1. The summed E-state index contributed by atoms with van der Waals surface area (Å²) in [6.45, 7) is 16.0. The second-order valence-electron chi connectivity index (χ2n) is 12.4. The number of rotatable bonds is 5. The van der Waals surface area contributed by atoms with Crippen molar-refractivity contribution >= 4 is 40.4 Å². The molecule has 0 N–H and O–H groups in total. The van der Waals surface area contributed by atoms with Crippen LogP contribution in [-0.4, -0.2) is 58.5 Å². The fraction of sp³-hybridized carbons (Fsp3) is 0.394. The number of halogens is 1. The lowest BCUT2D eigenvalue weighted by Gasteiger charge is -2.47. The van der Waals surface area contributed by atoms with Crippen molar-refractivity contribution in [2.45, 2.75) is 59.4 Å². The van der Waals surface area contributed by atoms with Crippen molar-refractivity contribution < 1.29 is 18.7 Å². The molecule has 0 saturated carbocycles. The quantitative estimate of drug-likeness (QED) is 0.230. The van der Waals surface area contributed by atoms with Crippen molar-refractivity contribution in [3.05, 3.63) is 76.1 Å². The van der Waals surface area contributed by atoms with E-state index < -0.39 is 11.5 Å². The van der Waals surface area contributed by atoms with Crippen LogP contribution in [0.15, 0.2) is 52.9 Å². The SMILES string of the molecule is CCOC(=O)c1ccc(C)c(N2CCN(C(=O)c3cc4nc(-c5ccc(Cl)cc5)cc(C(C)(C)C)c4o3)C(C)(C)C2)n1. The minimum Gasteiger partial charge on any atom is -0.461 e. The van der Waals surface area contributed by atoms with Gasteiger partial charge >= 0.3 is 5.97 Å². The number of furan rings is 1. The molecule has 1 saturated heterocycles. The average molecular weight is 589 g/mol. The number of hydrogen-bond acceptors (Lipinski definition) is 7. The highest BCUT2D eigenvalue weighted by molar-refractivity contribution is 6.30. The Morgan fingerprint density at radius 2 is 1.76 bits per heavy atom. The number of carbonyl (C=O) groups excluding carboxylic acids is 2. The zero-order chi connectivity index (χ0) is 30.4. The summed E-state index contributed by atoms with van der Waals surface area (Å²) in [5.74, 6) is 0.351. The first kappa shape index (κ1) is 29.6. The van der Waals surface area contributed by atoms with E-state index in [1.165, 1.54) is 0 Å². The highest BCUT2D eigenvalue weighted by Crippen LogP contribution is 2.36. The van der Waals surface area contributed by atoms with Crippen LogP contribution in [0.2, 0.25) is 5.02 Å². The van der Waals surface area contributed by atoms with Crippen LogP contribution in [-0.2, 0) is 10.2 Å². The van der Waals surface area contributed by atoms with Gasteiger partial charge in [0.1, 0.15) is 11.3 Å². The number of piperazine rings is 1. The third kappa shape index (κ3) is 5.73. The lowest BCUT2D eigenvalue weighted by atomic mass is 9.86. The summed E-state index contributed by atoms with van der Waals surface area (Å²) in [4.78, 5) is 39.7. The predicted molar refractivity (Wildman–Crippen MR) is 165 cm³/mol. The second kappa shape index (κ2) is 11.1.